The molecule has 0 spiro atoms. The van der Waals surface area contributed by atoms with Crippen molar-refractivity contribution in [1.29, 1.82) is 0 Å². The van der Waals surface area contributed by atoms with E-state index in [4.69, 9.17) is 18.9 Å². The average molecular weight is 441 g/mol. The first kappa shape index (κ1) is 23.1. The van der Waals surface area contributed by atoms with Gasteiger partial charge in [0.25, 0.3) is 11.8 Å². The zero-order valence-electron chi connectivity index (χ0n) is 18.1. The molecule has 3 rings (SSSR count). The third-order valence-corrected chi connectivity index (χ3v) is 4.79. The smallest absolute Gasteiger partial charge is 0.271 e. The van der Waals surface area contributed by atoms with E-state index >= 15 is 0 Å². The Bertz CT molecular complexity index is 917. The van der Waals surface area contributed by atoms with Crippen molar-refractivity contribution in [2.24, 2.45) is 5.10 Å². The van der Waals surface area contributed by atoms with Crippen LogP contribution >= 0.6 is 0 Å². The van der Waals surface area contributed by atoms with Crippen molar-refractivity contribution >= 4 is 18.0 Å². The van der Waals surface area contributed by atoms with Gasteiger partial charge in [0.1, 0.15) is 17.2 Å². The van der Waals surface area contributed by atoms with Gasteiger partial charge in [-0.3, -0.25) is 9.59 Å². The lowest BCUT2D eigenvalue weighted by molar-refractivity contribution is -0.123. The number of ether oxygens (including phenoxy) is 4. The molecule has 0 aromatic heterocycles. The summed E-state index contributed by atoms with van der Waals surface area (Å²) in [6, 6.07) is 11.9. The fourth-order valence-electron chi connectivity index (χ4n) is 3.05. The molecule has 2 aromatic carbocycles. The number of hydrogen-bond acceptors (Lipinski definition) is 7. The second-order valence-electron chi connectivity index (χ2n) is 7.10. The largest absolute Gasteiger partial charge is 0.497 e. The van der Waals surface area contributed by atoms with Crippen LogP contribution in [0.3, 0.4) is 0 Å². The third kappa shape index (κ3) is 6.98. The van der Waals surface area contributed by atoms with E-state index < -0.39 is 5.91 Å². The van der Waals surface area contributed by atoms with Gasteiger partial charge in [-0.1, -0.05) is 0 Å². The normalized spacial score (nSPS) is 15.4. The summed E-state index contributed by atoms with van der Waals surface area (Å²) in [4.78, 5) is 24.2. The zero-order valence-corrected chi connectivity index (χ0v) is 18.1. The molecule has 0 unspecified atom stereocenters. The van der Waals surface area contributed by atoms with E-state index in [1.165, 1.54) is 20.4 Å². The van der Waals surface area contributed by atoms with E-state index in [9.17, 15) is 9.59 Å². The van der Waals surface area contributed by atoms with Crippen molar-refractivity contribution in [2.75, 3.05) is 34.0 Å². The van der Waals surface area contributed by atoms with Crippen LogP contribution in [0.2, 0.25) is 0 Å². The SMILES string of the molecule is COc1cc(OC)cc(C(=O)N/N=C/c2ccc(OCC(=O)NC[C@H]3CCCO3)cc2)c1. The number of hydrazone groups is 1. The van der Waals surface area contributed by atoms with Gasteiger partial charge in [0, 0.05) is 24.8 Å². The van der Waals surface area contributed by atoms with Gasteiger partial charge in [-0.25, -0.2) is 5.43 Å². The molecule has 1 atom stereocenters. The van der Waals surface area contributed by atoms with E-state index in [2.05, 4.69) is 15.8 Å². The number of nitrogens with zero attached hydrogens (tertiary/aromatic N) is 1. The lowest BCUT2D eigenvalue weighted by Gasteiger charge is -2.11. The summed E-state index contributed by atoms with van der Waals surface area (Å²) >= 11 is 0. The van der Waals surface area contributed by atoms with Crippen LogP contribution in [0.25, 0.3) is 0 Å². The summed E-state index contributed by atoms with van der Waals surface area (Å²) < 4.78 is 21.3. The highest BCUT2D eigenvalue weighted by Gasteiger charge is 2.16. The van der Waals surface area contributed by atoms with Crippen molar-refractivity contribution in [2.45, 2.75) is 18.9 Å². The van der Waals surface area contributed by atoms with Crippen molar-refractivity contribution in [3.63, 3.8) is 0 Å². The van der Waals surface area contributed by atoms with Crippen LogP contribution in [0.1, 0.15) is 28.8 Å². The predicted molar refractivity (Wildman–Crippen MR) is 119 cm³/mol. The molecule has 170 valence electrons. The molecule has 0 radical (unpaired) electrons. The average Bonchev–Trinajstić information content (AvgIpc) is 3.35. The number of amides is 2. The minimum Gasteiger partial charge on any atom is -0.497 e. The van der Waals surface area contributed by atoms with E-state index in [1.54, 1.807) is 42.5 Å². The van der Waals surface area contributed by atoms with Crippen molar-refractivity contribution < 1.29 is 28.5 Å². The number of carbonyl (C=O) groups excluding carboxylic acids is 2. The van der Waals surface area contributed by atoms with Crippen LogP contribution in [0.15, 0.2) is 47.6 Å². The topological polar surface area (TPSA) is 107 Å². The molecule has 1 fully saturated rings. The second-order valence-corrected chi connectivity index (χ2v) is 7.10. The maximum absolute atomic E-state index is 12.3. The highest BCUT2D eigenvalue weighted by molar-refractivity contribution is 5.95. The molecule has 1 saturated heterocycles. The number of methoxy groups -OCH3 is 2. The first-order valence-corrected chi connectivity index (χ1v) is 10.2. The fraction of sp³-hybridized carbons (Fsp3) is 0.348. The fourth-order valence-corrected chi connectivity index (χ4v) is 3.05. The molecule has 32 heavy (non-hydrogen) atoms. The number of nitrogens with one attached hydrogen (secondary N) is 2. The van der Waals surface area contributed by atoms with Gasteiger partial charge in [-0.15, -0.1) is 0 Å². The molecule has 9 nitrogen and oxygen atoms in total. The minimum atomic E-state index is -0.396. The number of rotatable bonds is 10. The van der Waals surface area contributed by atoms with Gasteiger partial charge in [-0.2, -0.15) is 5.10 Å². The number of hydrogen-bond donors (Lipinski definition) is 2. The van der Waals surface area contributed by atoms with Gasteiger partial charge < -0.3 is 24.3 Å². The lowest BCUT2D eigenvalue weighted by Crippen LogP contribution is -2.35. The Morgan fingerprint density at radius 3 is 2.44 bits per heavy atom. The van der Waals surface area contributed by atoms with Crippen molar-refractivity contribution in [3.05, 3.63) is 53.6 Å². The first-order chi connectivity index (χ1) is 15.6. The molecule has 0 saturated carbocycles. The maximum Gasteiger partial charge on any atom is 0.271 e. The van der Waals surface area contributed by atoms with Gasteiger partial charge in [0.2, 0.25) is 0 Å². The highest BCUT2D eigenvalue weighted by Crippen LogP contribution is 2.22. The quantitative estimate of drug-likeness (QED) is 0.432. The second kappa shape index (κ2) is 11.7. The van der Waals surface area contributed by atoms with Gasteiger partial charge >= 0.3 is 0 Å². The predicted octanol–water partition coefficient (Wildman–Crippen LogP) is 2.14. The van der Waals surface area contributed by atoms with E-state index in [0.717, 1.165) is 25.0 Å². The van der Waals surface area contributed by atoms with Crippen LogP contribution in [0, 0.1) is 0 Å². The molecule has 1 aliphatic rings. The molecule has 1 aliphatic heterocycles. The van der Waals surface area contributed by atoms with Gasteiger partial charge in [0.15, 0.2) is 6.61 Å². The molecule has 1 heterocycles. The van der Waals surface area contributed by atoms with E-state index in [0.29, 0.717) is 29.4 Å². The Morgan fingerprint density at radius 1 is 1.09 bits per heavy atom. The summed E-state index contributed by atoms with van der Waals surface area (Å²) in [5.41, 5.74) is 3.58. The van der Waals surface area contributed by atoms with E-state index in [-0.39, 0.29) is 18.6 Å². The Hall–Kier alpha value is -3.59. The third-order valence-electron chi connectivity index (χ3n) is 4.79. The van der Waals surface area contributed by atoms with Gasteiger partial charge in [0.05, 0.1) is 26.5 Å². The Labute approximate surface area is 186 Å². The summed E-state index contributed by atoms with van der Waals surface area (Å²) in [6.07, 6.45) is 3.61. The lowest BCUT2D eigenvalue weighted by atomic mass is 10.2. The summed E-state index contributed by atoms with van der Waals surface area (Å²) in [6.45, 7) is 1.19. The molecular weight excluding hydrogens is 414 g/mol. The molecule has 2 aromatic rings. The first-order valence-electron chi connectivity index (χ1n) is 10.2. The summed E-state index contributed by atoms with van der Waals surface area (Å²) in [5, 5.41) is 6.78. The van der Waals surface area contributed by atoms with Gasteiger partial charge in [-0.05, 0) is 54.8 Å². The molecular formula is C23H27N3O6. The Morgan fingerprint density at radius 2 is 1.81 bits per heavy atom. The number of benzene rings is 2. The monoisotopic (exact) mass is 441 g/mol. The molecule has 2 amide bonds. The van der Waals surface area contributed by atoms with Crippen LogP contribution < -0.4 is 25.0 Å². The minimum absolute atomic E-state index is 0.0692. The molecule has 0 bridgehead atoms. The summed E-state index contributed by atoms with van der Waals surface area (Å²) in [5.74, 6) is 0.988. The van der Waals surface area contributed by atoms with Crippen molar-refractivity contribution in [3.8, 4) is 17.2 Å². The zero-order chi connectivity index (χ0) is 22.8. The Kier molecular flexibility index (Phi) is 8.44. The Balaban J connectivity index is 1.44. The molecule has 0 aliphatic carbocycles. The molecule has 2 N–H and O–H groups in total. The van der Waals surface area contributed by atoms with Crippen LogP contribution in [0.5, 0.6) is 17.2 Å². The van der Waals surface area contributed by atoms with Crippen LogP contribution in [-0.4, -0.2) is 58.1 Å². The highest BCUT2D eigenvalue weighted by atomic mass is 16.5. The molecule has 9 heteroatoms. The van der Waals surface area contributed by atoms with E-state index in [1.807, 2.05) is 0 Å². The number of carbonyl (C=O) groups is 2. The maximum atomic E-state index is 12.3. The van der Waals surface area contributed by atoms with Crippen LogP contribution in [-0.2, 0) is 9.53 Å². The van der Waals surface area contributed by atoms with Crippen molar-refractivity contribution in [1.82, 2.24) is 10.7 Å². The summed E-state index contributed by atoms with van der Waals surface area (Å²) in [7, 11) is 3.03. The standard InChI is InChI=1S/C23H27N3O6/c1-29-20-10-17(11-21(12-20)30-2)23(28)26-25-13-16-5-7-18(8-6-16)32-15-22(27)24-14-19-4-3-9-31-19/h5-8,10-13,19H,3-4,9,14-15H2,1-2H3,(H,24,27)(H,26,28)/b25-13+/t19-/m1/s1. The van der Waals surface area contributed by atoms with Crippen LogP contribution in [0.4, 0.5) is 0 Å².